The van der Waals surface area contributed by atoms with Gasteiger partial charge in [-0.2, -0.15) is 11.8 Å². The van der Waals surface area contributed by atoms with Crippen molar-refractivity contribution in [2.45, 2.75) is 32.2 Å². The monoisotopic (exact) mass is 378 g/mol. The van der Waals surface area contributed by atoms with Crippen LogP contribution < -0.4 is 15.4 Å². The van der Waals surface area contributed by atoms with E-state index in [2.05, 4.69) is 40.8 Å². The minimum absolute atomic E-state index is 0.324. The number of hydrogen-bond acceptors (Lipinski definition) is 4. The summed E-state index contributed by atoms with van der Waals surface area (Å²) in [5, 5.41) is 6.83. The van der Waals surface area contributed by atoms with E-state index in [1.54, 1.807) is 7.11 Å². The first-order valence-corrected chi connectivity index (χ1v) is 11.1. The van der Waals surface area contributed by atoms with E-state index in [0.717, 1.165) is 50.9 Å². The van der Waals surface area contributed by atoms with E-state index in [1.165, 1.54) is 24.2 Å². The summed E-state index contributed by atoms with van der Waals surface area (Å²) in [7, 11) is 1.71. The molecular weight excluding hydrogens is 344 g/mol. The molecule has 1 aliphatic rings. The third kappa shape index (κ3) is 6.72. The van der Waals surface area contributed by atoms with Crippen molar-refractivity contribution in [1.82, 2.24) is 15.5 Å². The zero-order valence-electron chi connectivity index (χ0n) is 16.5. The fourth-order valence-electron chi connectivity index (χ4n) is 3.25. The predicted molar refractivity (Wildman–Crippen MR) is 114 cm³/mol. The molecule has 6 heteroatoms. The molecule has 0 radical (unpaired) electrons. The Balaban J connectivity index is 2.05. The van der Waals surface area contributed by atoms with Gasteiger partial charge in [-0.25, -0.2) is 0 Å². The van der Waals surface area contributed by atoms with Gasteiger partial charge in [-0.3, -0.25) is 9.89 Å². The largest absolute Gasteiger partial charge is 0.497 e. The van der Waals surface area contributed by atoms with Crippen molar-refractivity contribution in [3.05, 3.63) is 29.8 Å². The van der Waals surface area contributed by atoms with E-state index in [4.69, 9.17) is 9.73 Å². The highest BCUT2D eigenvalue weighted by Gasteiger charge is 2.23. The highest BCUT2D eigenvalue weighted by Crippen LogP contribution is 2.27. The summed E-state index contributed by atoms with van der Waals surface area (Å²) in [6, 6.07) is 8.78. The molecule has 0 aliphatic carbocycles. The van der Waals surface area contributed by atoms with Gasteiger partial charge in [-0.05, 0) is 69.0 Å². The third-order valence-corrected chi connectivity index (χ3v) is 5.36. The average Bonchev–Trinajstić information content (AvgIpc) is 3.20. The second-order valence-electron chi connectivity index (χ2n) is 6.52. The number of nitrogens with one attached hydrogen (secondary N) is 2. The molecule has 1 saturated heterocycles. The molecule has 1 aromatic carbocycles. The normalized spacial score (nSPS) is 16.5. The third-order valence-electron chi connectivity index (χ3n) is 4.67. The SMILES string of the molecule is CCNC(=NCC(c1ccc(OC)cc1)N1CCCC1)NCCCSC. The second kappa shape index (κ2) is 12.1. The molecular formula is C20H34N4OS. The van der Waals surface area contributed by atoms with Crippen molar-refractivity contribution in [3.63, 3.8) is 0 Å². The van der Waals surface area contributed by atoms with Gasteiger partial charge in [0.05, 0.1) is 19.7 Å². The van der Waals surface area contributed by atoms with Crippen LogP contribution >= 0.6 is 11.8 Å². The Hall–Kier alpha value is -1.40. The van der Waals surface area contributed by atoms with Gasteiger partial charge >= 0.3 is 0 Å². The van der Waals surface area contributed by atoms with Crippen molar-refractivity contribution < 1.29 is 4.74 Å². The zero-order valence-corrected chi connectivity index (χ0v) is 17.3. The Morgan fingerprint density at radius 1 is 1.23 bits per heavy atom. The van der Waals surface area contributed by atoms with Gasteiger partial charge in [0, 0.05) is 13.1 Å². The number of methoxy groups -OCH3 is 1. The molecule has 1 atom stereocenters. The van der Waals surface area contributed by atoms with Crippen molar-refractivity contribution >= 4 is 17.7 Å². The molecule has 2 N–H and O–H groups in total. The first-order chi connectivity index (χ1) is 12.8. The summed E-state index contributed by atoms with van der Waals surface area (Å²) >= 11 is 1.88. The Labute approximate surface area is 163 Å². The molecule has 0 bridgehead atoms. The van der Waals surface area contributed by atoms with Crippen LogP contribution in [0.3, 0.4) is 0 Å². The zero-order chi connectivity index (χ0) is 18.6. The molecule has 0 spiro atoms. The lowest BCUT2D eigenvalue weighted by Gasteiger charge is -2.27. The van der Waals surface area contributed by atoms with Crippen LogP contribution in [0, 0.1) is 0 Å². The first-order valence-electron chi connectivity index (χ1n) is 9.67. The van der Waals surface area contributed by atoms with Crippen molar-refractivity contribution in [3.8, 4) is 5.75 Å². The summed E-state index contributed by atoms with van der Waals surface area (Å²) < 4.78 is 5.31. The molecule has 0 saturated carbocycles. The van der Waals surface area contributed by atoms with Crippen LogP contribution in [0.1, 0.15) is 37.8 Å². The second-order valence-corrected chi connectivity index (χ2v) is 7.51. The van der Waals surface area contributed by atoms with Crippen LogP contribution in [-0.2, 0) is 0 Å². The standard InChI is InChI=1S/C20H34N4OS/c1-4-21-20(22-12-7-15-26-3)23-16-19(24-13-5-6-14-24)17-8-10-18(25-2)11-9-17/h8-11,19H,4-7,12-16H2,1-3H3,(H2,21,22,23). The summed E-state index contributed by atoms with van der Waals surface area (Å²) in [5.41, 5.74) is 1.31. The van der Waals surface area contributed by atoms with Crippen LogP contribution in [0.25, 0.3) is 0 Å². The maximum Gasteiger partial charge on any atom is 0.191 e. The minimum atomic E-state index is 0.324. The average molecular weight is 379 g/mol. The molecule has 1 aliphatic heterocycles. The molecule has 1 heterocycles. The lowest BCUT2D eigenvalue weighted by Crippen LogP contribution is -2.39. The molecule has 1 unspecified atom stereocenters. The molecule has 146 valence electrons. The Bertz CT molecular complexity index is 529. The lowest BCUT2D eigenvalue weighted by atomic mass is 10.1. The number of nitrogens with zero attached hydrogens (tertiary/aromatic N) is 2. The van der Waals surface area contributed by atoms with Gasteiger partial charge in [0.1, 0.15) is 5.75 Å². The van der Waals surface area contributed by atoms with Crippen LogP contribution in [0.4, 0.5) is 0 Å². The predicted octanol–water partition coefficient (Wildman–Crippen LogP) is 3.14. The lowest BCUT2D eigenvalue weighted by molar-refractivity contribution is 0.251. The maximum absolute atomic E-state index is 5.31. The van der Waals surface area contributed by atoms with Gasteiger partial charge in [0.15, 0.2) is 5.96 Å². The number of thioether (sulfide) groups is 1. The van der Waals surface area contributed by atoms with Gasteiger partial charge in [0.2, 0.25) is 0 Å². The van der Waals surface area contributed by atoms with E-state index >= 15 is 0 Å². The minimum Gasteiger partial charge on any atom is -0.497 e. The van der Waals surface area contributed by atoms with E-state index < -0.39 is 0 Å². The molecule has 2 rings (SSSR count). The number of benzene rings is 1. The van der Waals surface area contributed by atoms with E-state index in [-0.39, 0.29) is 0 Å². The highest BCUT2D eigenvalue weighted by atomic mass is 32.2. The van der Waals surface area contributed by atoms with Gasteiger partial charge in [-0.15, -0.1) is 0 Å². The number of rotatable bonds is 10. The quantitative estimate of drug-likeness (QED) is 0.372. The topological polar surface area (TPSA) is 48.9 Å². The Morgan fingerprint density at radius 3 is 2.58 bits per heavy atom. The Kier molecular flexibility index (Phi) is 9.71. The summed E-state index contributed by atoms with van der Waals surface area (Å²) in [6.45, 7) is 7.04. The summed E-state index contributed by atoms with van der Waals surface area (Å²) in [6.07, 6.45) is 5.86. The molecule has 0 amide bonds. The molecule has 0 aromatic heterocycles. The van der Waals surface area contributed by atoms with Crippen LogP contribution in [0.5, 0.6) is 5.75 Å². The fourth-order valence-corrected chi connectivity index (χ4v) is 3.69. The number of hydrogen-bond donors (Lipinski definition) is 2. The first kappa shape index (κ1) is 20.9. The van der Waals surface area contributed by atoms with Crippen LogP contribution in [0.15, 0.2) is 29.3 Å². The number of guanidine groups is 1. The van der Waals surface area contributed by atoms with Gasteiger partial charge in [0.25, 0.3) is 0 Å². The number of aliphatic imine (C=N–C) groups is 1. The summed E-state index contributed by atoms with van der Waals surface area (Å²) in [4.78, 5) is 7.45. The van der Waals surface area contributed by atoms with Crippen molar-refractivity contribution in [1.29, 1.82) is 0 Å². The van der Waals surface area contributed by atoms with Crippen LogP contribution in [-0.4, -0.2) is 62.7 Å². The van der Waals surface area contributed by atoms with Crippen molar-refractivity contribution in [2.24, 2.45) is 4.99 Å². The number of ether oxygens (including phenoxy) is 1. The number of likely N-dealkylation sites (tertiary alicyclic amines) is 1. The fraction of sp³-hybridized carbons (Fsp3) is 0.650. The highest BCUT2D eigenvalue weighted by molar-refractivity contribution is 7.98. The van der Waals surface area contributed by atoms with Gasteiger partial charge in [-0.1, -0.05) is 12.1 Å². The van der Waals surface area contributed by atoms with E-state index in [1.807, 2.05) is 23.9 Å². The maximum atomic E-state index is 5.31. The molecule has 5 nitrogen and oxygen atoms in total. The van der Waals surface area contributed by atoms with E-state index in [0.29, 0.717) is 6.04 Å². The molecule has 1 aromatic rings. The summed E-state index contributed by atoms with van der Waals surface area (Å²) in [5.74, 6) is 3.00. The Morgan fingerprint density at radius 2 is 1.96 bits per heavy atom. The molecule has 26 heavy (non-hydrogen) atoms. The smallest absolute Gasteiger partial charge is 0.191 e. The molecule has 1 fully saturated rings. The van der Waals surface area contributed by atoms with Crippen LogP contribution in [0.2, 0.25) is 0 Å². The van der Waals surface area contributed by atoms with E-state index in [9.17, 15) is 0 Å². The van der Waals surface area contributed by atoms with Crippen molar-refractivity contribution in [2.75, 3.05) is 51.8 Å². The van der Waals surface area contributed by atoms with Gasteiger partial charge < -0.3 is 15.4 Å².